The quantitative estimate of drug-likeness (QED) is 0.655. The molecule has 0 spiro atoms. The van der Waals surface area contributed by atoms with Gasteiger partial charge in [0.1, 0.15) is 0 Å². The number of nitrogens with zero attached hydrogens (tertiary/aromatic N) is 2. The van der Waals surface area contributed by atoms with Crippen LogP contribution in [0.5, 0.6) is 0 Å². The number of carboxylic acid groups (broad SMARTS) is 1. The van der Waals surface area contributed by atoms with Gasteiger partial charge < -0.3 is 14.7 Å². The number of aliphatic carboxylic acids is 1. The lowest BCUT2D eigenvalue weighted by atomic mass is 10.2. The van der Waals surface area contributed by atoms with Crippen LogP contribution in [0.4, 0.5) is 0 Å². The number of rotatable bonds is 4. The molecule has 1 rings (SSSR count). The maximum atomic E-state index is 10.7. The van der Waals surface area contributed by atoms with E-state index >= 15 is 0 Å². The highest BCUT2D eigenvalue weighted by molar-refractivity contribution is 5.72. The van der Waals surface area contributed by atoms with Crippen molar-refractivity contribution in [1.82, 2.24) is 9.80 Å². The van der Waals surface area contributed by atoms with Crippen LogP contribution in [0.15, 0.2) is 0 Å². The first-order valence-corrected chi connectivity index (χ1v) is 4.81. The molecule has 5 heteroatoms. The van der Waals surface area contributed by atoms with Crippen molar-refractivity contribution in [2.75, 3.05) is 46.9 Å². The van der Waals surface area contributed by atoms with Crippen LogP contribution in [0.3, 0.4) is 0 Å². The fourth-order valence-electron chi connectivity index (χ4n) is 1.40. The van der Waals surface area contributed by atoms with Gasteiger partial charge in [-0.05, 0) is 14.1 Å². The molecule has 0 radical (unpaired) electrons. The second kappa shape index (κ2) is 5.29. The van der Waals surface area contributed by atoms with E-state index in [4.69, 9.17) is 9.84 Å². The molecule has 1 atom stereocenters. The minimum absolute atomic E-state index is 0.503. The molecule has 0 aromatic heterocycles. The first-order chi connectivity index (χ1) is 6.59. The van der Waals surface area contributed by atoms with Crippen molar-refractivity contribution in [3.8, 4) is 0 Å². The third-order valence-corrected chi connectivity index (χ3v) is 2.29. The highest BCUT2D eigenvalue weighted by Gasteiger charge is 2.25. The molecule has 1 fully saturated rings. The zero-order chi connectivity index (χ0) is 10.6. The van der Waals surface area contributed by atoms with Gasteiger partial charge in [0.2, 0.25) is 0 Å². The van der Waals surface area contributed by atoms with E-state index in [2.05, 4.69) is 9.80 Å². The van der Waals surface area contributed by atoms with E-state index in [1.54, 1.807) is 0 Å². The number of likely N-dealkylation sites (N-methyl/N-ethyl adjacent to an activating group) is 1. The first kappa shape index (κ1) is 11.4. The summed E-state index contributed by atoms with van der Waals surface area (Å²) in [6.07, 6.45) is -0.647. The van der Waals surface area contributed by atoms with Crippen molar-refractivity contribution >= 4 is 5.97 Å². The molecule has 82 valence electrons. The Balaban J connectivity index is 2.29. The van der Waals surface area contributed by atoms with Crippen LogP contribution in [0.2, 0.25) is 0 Å². The summed E-state index contributed by atoms with van der Waals surface area (Å²) in [7, 11) is 4.02. The monoisotopic (exact) mass is 202 g/mol. The second-order valence-electron chi connectivity index (χ2n) is 3.80. The van der Waals surface area contributed by atoms with Gasteiger partial charge in [-0.3, -0.25) is 4.90 Å². The molecule has 14 heavy (non-hydrogen) atoms. The number of ether oxygens (including phenoxy) is 1. The molecule has 0 aromatic rings. The predicted octanol–water partition coefficient (Wildman–Crippen LogP) is -0.667. The van der Waals surface area contributed by atoms with Crippen molar-refractivity contribution in [2.24, 2.45) is 0 Å². The standard InChI is InChI=1S/C9H18N2O3/c1-10(2)3-4-11-5-6-14-8(7-11)9(12)13/h8H,3-7H2,1-2H3,(H,12,13). The lowest BCUT2D eigenvalue weighted by molar-refractivity contribution is -0.156. The number of carbonyl (C=O) groups is 1. The van der Waals surface area contributed by atoms with E-state index < -0.39 is 12.1 Å². The van der Waals surface area contributed by atoms with Gasteiger partial charge in [-0.1, -0.05) is 0 Å². The van der Waals surface area contributed by atoms with E-state index in [0.29, 0.717) is 13.2 Å². The van der Waals surface area contributed by atoms with Crippen molar-refractivity contribution in [2.45, 2.75) is 6.10 Å². The Bertz CT molecular complexity index is 196. The molecule has 1 heterocycles. The lowest BCUT2D eigenvalue weighted by Crippen LogP contribution is -2.47. The van der Waals surface area contributed by atoms with Crippen molar-refractivity contribution in [1.29, 1.82) is 0 Å². The Morgan fingerprint density at radius 2 is 2.36 bits per heavy atom. The van der Waals surface area contributed by atoms with E-state index in [1.807, 2.05) is 14.1 Å². The topological polar surface area (TPSA) is 53.0 Å². The zero-order valence-corrected chi connectivity index (χ0v) is 8.77. The zero-order valence-electron chi connectivity index (χ0n) is 8.77. The Morgan fingerprint density at radius 3 is 2.93 bits per heavy atom. The lowest BCUT2D eigenvalue weighted by Gasteiger charge is -2.31. The molecule has 1 aliphatic heterocycles. The molecule has 0 saturated carbocycles. The highest BCUT2D eigenvalue weighted by atomic mass is 16.5. The Labute approximate surface area is 84.2 Å². The molecule has 0 aromatic carbocycles. The van der Waals surface area contributed by atoms with Gasteiger partial charge in [-0.25, -0.2) is 4.79 Å². The Hall–Kier alpha value is -0.650. The molecular weight excluding hydrogens is 184 g/mol. The van der Waals surface area contributed by atoms with Crippen LogP contribution >= 0.6 is 0 Å². The van der Waals surface area contributed by atoms with Gasteiger partial charge in [0.05, 0.1) is 6.61 Å². The van der Waals surface area contributed by atoms with Gasteiger partial charge in [-0.15, -0.1) is 0 Å². The summed E-state index contributed by atoms with van der Waals surface area (Å²) in [5.41, 5.74) is 0. The Morgan fingerprint density at radius 1 is 1.64 bits per heavy atom. The fourth-order valence-corrected chi connectivity index (χ4v) is 1.40. The van der Waals surface area contributed by atoms with Crippen LogP contribution < -0.4 is 0 Å². The normalized spacial score (nSPS) is 24.1. The van der Waals surface area contributed by atoms with Crippen LogP contribution in [0, 0.1) is 0 Å². The third kappa shape index (κ3) is 3.61. The number of morpholine rings is 1. The molecule has 1 N–H and O–H groups in total. The maximum absolute atomic E-state index is 10.7. The van der Waals surface area contributed by atoms with Crippen LogP contribution in [0.25, 0.3) is 0 Å². The first-order valence-electron chi connectivity index (χ1n) is 4.81. The smallest absolute Gasteiger partial charge is 0.334 e. The van der Waals surface area contributed by atoms with Crippen LogP contribution in [0.1, 0.15) is 0 Å². The highest BCUT2D eigenvalue weighted by Crippen LogP contribution is 2.04. The van der Waals surface area contributed by atoms with Crippen LogP contribution in [-0.4, -0.2) is 73.9 Å². The number of hydrogen-bond donors (Lipinski definition) is 1. The molecule has 1 unspecified atom stereocenters. The summed E-state index contributed by atoms with van der Waals surface area (Å²) in [6.45, 7) is 3.71. The summed E-state index contributed by atoms with van der Waals surface area (Å²) in [6, 6.07) is 0. The minimum atomic E-state index is -0.862. The number of carboxylic acids is 1. The molecule has 0 amide bonds. The predicted molar refractivity (Wildman–Crippen MR) is 52.4 cm³/mol. The molecule has 1 saturated heterocycles. The molecule has 5 nitrogen and oxygen atoms in total. The summed E-state index contributed by atoms with van der Waals surface area (Å²) >= 11 is 0. The van der Waals surface area contributed by atoms with E-state index in [-0.39, 0.29) is 0 Å². The summed E-state index contributed by atoms with van der Waals surface area (Å²) < 4.78 is 5.12. The van der Waals surface area contributed by atoms with Crippen molar-refractivity contribution in [3.63, 3.8) is 0 Å². The molecular formula is C9H18N2O3. The summed E-state index contributed by atoms with van der Waals surface area (Å²) in [5.74, 6) is -0.862. The second-order valence-corrected chi connectivity index (χ2v) is 3.80. The van der Waals surface area contributed by atoms with Crippen molar-refractivity contribution in [3.05, 3.63) is 0 Å². The van der Waals surface area contributed by atoms with Crippen LogP contribution in [-0.2, 0) is 9.53 Å². The van der Waals surface area contributed by atoms with Gasteiger partial charge in [0.15, 0.2) is 6.10 Å². The third-order valence-electron chi connectivity index (χ3n) is 2.29. The van der Waals surface area contributed by atoms with E-state index in [0.717, 1.165) is 19.6 Å². The molecule has 0 aliphatic carbocycles. The molecule has 1 aliphatic rings. The van der Waals surface area contributed by atoms with Gasteiger partial charge >= 0.3 is 5.97 Å². The summed E-state index contributed by atoms with van der Waals surface area (Å²) in [5, 5.41) is 8.77. The van der Waals surface area contributed by atoms with Crippen molar-refractivity contribution < 1.29 is 14.6 Å². The minimum Gasteiger partial charge on any atom is -0.479 e. The van der Waals surface area contributed by atoms with Gasteiger partial charge in [0.25, 0.3) is 0 Å². The average Bonchev–Trinajstić information content (AvgIpc) is 2.15. The van der Waals surface area contributed by atoms with E-state index in [1.165, 1.54) is 0 Å². The molecule has 0 bridgehead atoms. The SMILES string of the molecule is CN(C)CCN1CCOC(C(=O)O)C1. The maximum Gasteiger partial charge on any atom is 0.334 e. The Kier molecular flexibility index (Phi) is 4.31. The summed E-state index contributed by atoms with van der Waals surface area (Å²) in [4.78, 5) is 14.9. The van der Waals surface area contributed by atoms with Gasteiger partial charge in [0, 0.05) is 26.2 Å². The van der Waals surface area contributed by atoms with E-state index in [9.17, 15) is 4.79 Å². The fraction of sp³-hybridized carbons (Fsp3) is 0.889. The largest absolute Gasteiger partial charge is 0.479 e. The van der Waals surface area contributed by atoms with Gasteiger partial charge in [-0.2, -0.15) is 0 Å². The average molecular weight is 202 g/mol. The number of hydrogen-bond acceptors (Lipinski definition) is 4.